The van der Waals surface area contributed by atoms with E-state index < -0.39 is 0 Å². The summed E-state index contributed by atoms with van der Waals surface area (Å²) in [5, 5.41) is 7.06. The quantitative estimate of drug-likeness (QED) is 0.0981. The third-order valence-corrected chi connectivity index (χ3v) is 11.1. The number of hydrogen-bond donors (Lipinski definition) is 1. The van der Waals surface area contributed by atoms with Crippen molar-refractivity contribution < 1.29 is 0 Å². The van der Waals surface area contributed by atoms with Crippen molar-refractivity contribution in [2.45, 2.75) is 10.6 Å². The van der Waals surface area contributed by atoms with Crippen molar-refractivity contribution in [1.82, 2.24) is 0 Å². The molecule has 2 nitrogen and oxygen atoms in total. The van der Waals surface area contributed by atoms with E-state index in [2.05, 4.69) is 199 Å². The average Bonchev–Trinajstić information content (AvgIpc) is 3.21. The van der Waals surface area contributed by atoms with Gasteiger partial charge in [0.2, 0.25) is 0 Å². The minimum Gasteiger partial charge on any atom is -0.397 e. The van der Waals surface area contributed by atoms with Gasteiger partial charge in [0.25, 0.3) is 0 Å². The lowest BCUT2D eigenvalue weighted by atomic mass is 9.96. The number of anilines is 4. The van der Waals surface area contributed by atoms with Crippen LogP contribution in [0.4, 0.5) is 22.7 Å². The molecule has 52 heavy (non-hydrogen) atoms. The molecule has 0 saturated carbocycles. The molecule has 9 aromatic rings. The summed E-state index contributed by atoms with van der Waals surface area (Å²) < 4.78 is 0. The molecule has 0 amide bonds. The van der Waals surface area contributed by atoms with Gasteiger partial charge in [-0.1, -0.05) is 152 Å². The maximum atomic E-state index is 6.96. The first kappa shape index (κ1) is 31.7. The predicted molar refractivity (Wildman–Crippen MR) is 225 cm³/mol. The maximum absolute atomic E-state index is 6.96. The Morgan fingerprint density at radius 3 is 1.71 bits per heavy atom. The zero-order valence-electron chi connectivity index (χ0n) is 28.6. The van der Waals surface area contributed by atoms with Crippen LogP contribution >= 0.6 is 11.8 Å². The van der Waals surface area contributed by atoms with Gasteiger partial charge in [0.1, 0.15) is 0 Å². The van der Waals surface area contributed by atoms with Gasteiger partial charge in [0, 0.05) is 32.8 Å². The van der Waals surface area contributed by atoms with E-state index in [1.165, 1.54) is 38.2 Å². The number of rotatable bonds is 8. The Hall–Kier alpha value is -6.29. The molecule has 0 aliphatic carbocycles. The van der Waals surface area contributed by atoms with Crippen LogP contribution in [0.3, 0.4) is 0 Å². The first-order valence-electron chi connectivity index (χ1n) is 17.7. The van der Waals surface area contributed by atoms with Crippen LogP contribution in [0.25, 0.3) is 54.6 Å². The maximum Gasteiger partial charge on any atom is 0.0540 e. The zero-order chi connectivity index (χ0) is 34.9. The van der Waals surface area contributed by atoms with E-state index in [1.807, 2.05) is 0 Å². The molecule has 3 heteroatoms. The van der Waals surface area contributed by atoms with Crippen LogP contribution < -0.4 is 10.6 Å². The number of nitrogens with two attached hydrogens (primary N) is 1. The molecule has 0 saturated heterocycles. The Bertz CT molecular complexity index is 2660. The molecule has 0 radical (unpaired) electrons. The van der Waals surface area contributed by atoms with E-state index in [1.54, 1.807) is 11.8 Å². The van der Waals surface area contributed by atoms with Crippen molar-refractivity contribution in [3.05, 3.63) is 200 Å². The van der Waals surface area contributed by atoms with Crippen LogP contribution in [-0.2, 0) is 5.75 Å². The summed E-state index contributed by atoms with van der Waals surface area (Å²) in [5.41, 5.74) is 17.2. The van der Waals surface area contributed by atoms with Crippen LogP contribution in [0.2, 0.25) is 0 Å². The second-order valence-corrected chi connectivity index (χ2v) is 14.2. The van der Waals surface area contributed by atoms with Gasteiger partial charge in [-0.2, -0.15) is 0 Å². The highest BCUT2D eigenvalue weighted by atomic mass is 32.2. The number of thioether (sulfide) groups is 1. The largest absolute Gasteiger partial charge is 0.397 e. The van der Waals surface area contributed by atoms with Crippen molar-refractivity contribution in [1.29, 1.82) is 0 Å². The van der Waals surface area contributed by atoms with Gasteiger partial charge < -0.3 is 10.6 Å². The summed E-state index contributed by atoms with van der Waals surface area (Å²) in [5.74, 6) is 0.881. The lowest BCUT2D eigenvalue weighted by molar-refractivity contribution is 1.30. The molecule has 0 aliphatic rings. The van der Waals surface area contributed by atoms with Crippen LogP contribution in [0, 0.1) is 0 Å². The Labute approximate surface area is 308 Å². The summed E-state index contributed by atoms with van der Waals surface area (Å²) in [6.45, 7) is 0. The van der Waals surface area contributed by atoms with Crippen molar-refractivity contribution in [2.24, 2.45) is 0 Å². The molecule has 0 heterocycles. The molecule has 0 aliphatic heterocycles. The third-order valence-electron chi connectivity index (χ3n) is 9.94. The first-order chi connectivity index (χ1) is 25.7. The summed E-state index contributed by atoms with van der Waals surface area (Å²) >= 11 is 1.80. The molecule has 9 rings (SSSR count). The molecule has 9 aromatic carbocycles. The molecule has 0 fully saturated rings. The van der Waals surface area contributed by atoms with Gasteiger partial charge in [-0.05, 0) is 91.8 Å². The third kappa shape index (κ3) is 6.06. The number of benzene rings is 9. The van der Waals surface area contributed by atoms with Gasteiger partial charge in [0.05, 0.1) is 11.4 Å². The van der Waals surface area contributed by atoms with Gasteiger partial charge in [-0.15, -0.1) is 11.8 Å². The van der Waals surface area contributed by atoms with E-state index in [9.17, 15) is 0 Å². The monoisotopic (exact) mass is 684 g/mol. The van der Waals surface area contributed by atoms with Gasteiger partial charge in [-0.25, -0.2) is 0 Å². The molecular weight excluding hydrogens is 649 g/mol. The van der Waals surface area contributed by atoms with Gasteiger partial charge in [-0.3, -0.25) is 0 Å². The van der Waals surface area contributed by atoms with Gasteiger partial charge in [0.15, 0.2) is 0 Å². The smallest absolute Gasteiger partial charge is 0.0540 e. The Morgan fingerprint density at radius 2 is 0.962 bits per heavy atom. The number of hydrogen-bond acceptors (Lipinski definition) is 3. The van der Waals surface area contributed by atoms with Gasteiger partial charge >= 0.3 is 0 Å². The fourth-order valence-electron chi connectivity index (χ4n) is 7.26. The molecule has 0 atom stereocenters. The minimum atomic E-state index is 0.848. The van der Waals surface area contributed by atoms with Crippen molar-refractivity contribution in [3.63, 3.8) is 0 Å². The summed E-state index contributed by atoms with van der Waals surface area (Å²) in [6, 6.07) is 69.6. The zero-order valence-corrected chi connectivity index (χ0v) is 29.4. The fraction of sp³-hybridized carbons (Fsp3) is 0.0204. The van der Waals surface area contributed by atoms with Crippen molar-refractivity contribution >= 4 is 66.8 Å². The first-order valence-corrected chi connectivity index (χ1v) is 18.6. The molecule has 0 spiro atoms. The standard InChI is InChI=1S/C49H36N2S/c50-49-47(52-33-34-10-3-1-4-11-34)31-26-40-20-18-39-19-21-41(32-45(39)48(40)49)37-24-29-43(30-25-37)51(46-17-9-15-38-14-7-8-16-44(38)46)42-27-22-36(23-28-42)35-12-5-2-6-13-35/h1-32H,33,50H2. The SMILES string of the molecule is Nc1c(SCc2ccccc2)ccc2ccc3ccc(-c4ccc(N(c5ccc(-c6ccccc6)cc5)c5cccc6ccccc56)cc4)cc3c12. The number of nitrogens with zero attached hydrogens (tertiary/aromatic N) is 1. The molecule has 0 aromatic heterocycles. The highest BCUT2D eigenvalue weighted by Gasteiger charge is 2.16. The molecule has 248 valence electrons. The van der Waals surface area contributed by atoms with Crippen molar-refractivity contribution in [3.8, 4) is 22.3 Å². The topological polar surface area (TPSA) is 29.3 Å². The lowest BCUT2D eigenvalue weighted by Gasteiger charge is -2.27. The number of nitrogen functional groups attached to an aromatic ring is 1. The van der Waals surface area contributed by atoms with E-state index in [-0.39, 0.29) is 0 Å². The van der Waals surface area contributed by atoms with Crippen molar-refractivity contribution in [2.75, 3.05) is 10.6 Å². The highest BCUT2D eigenvalue weighted by Crippen LogP contribution is 2.42. The minimum absolute atomic E-state index is 0.848. The summed E-state index contributed by atoms with van der Waals surface area (Å²) in [7, 11) is 0. The van der Waals surface area contributed by atoms with Crippen LogP contribution in [0.15, 0.2) is 199 Å². The highest BCUT2D eigenvalue weighted by molar-refractivity contribution is 7.98. The van der Waals surface area contributed by atoms with Crippen LogP contribution in [-0.4, -0.2) is 0 Å². The fourth-order valence-corrected chi connectivity index (χ4v) is 8.20. The Kier molecular flexibility index (Phi) is 8.40. The van der Waals surface area contributed by atoms with Crippen LogP contribution in [0.1, 0.15) is 5.56 Å². The normalized spacial score (nSPS) is 11.3. The van der Waals surface area contributed by atoms with E-state index in [0.717, 1.165) is 55.3 Å². The summed E-state index contributed by atoms with van der Waals surface area (Å²) in [6.07, 6.45) is 0. The lowest BCUT2D eigenvalue weighted by Crippen LogP contribution is -2.10. The molecule has 0 unspecified atom stereocenters. The summed E-state index contributed by atoms with van der Waals surface area (Å²) in [4.78, 5) is 3.48. The Morgan fingerprint density at radius 1 is 0.423 bits per heavy atom. The molecule has 2 N–H and O–H groups in total. The average molecular weight is 685 g/mol. The second kappa shape index (κ2) is 13.8. The predicted octanol–water partition coefficient (Wildman–Crippen LogP) is 13.8. The van der Waals surface area contributed by atoms with E-state index in [4.69, 9.17) is 5.73 Å². The van der Waals surface area contributed by atoms with E-state index >= 15 is 0 Å². The number of fused-ring (bicyclic) bond motifs is 4. The van der Waals surface area contributed by atoms with Crippen LogP contribution in [0.5, 0.6) is 0 Å². The van der Waals surface area contributed by atoms with E-state index in [0.29, 0.717) is 0 Å². The Balaban J connectivity index is 1.10. The molecular formula is C49H36N2S. The molecule has 0 bridgehead atoms. The second-order valence-electron chi connectivity index (χ2n) is 13.1.